The van der Waals surface area contributed by atoms with Gasteiger partial charge < -0.3 is 15.4 Å². The molecule has 4 N–H and O–H groups in total. The van der Waals surface area contributed by atoms with Crippen LogP contribution in [-0.4, -0.2) is 34.6 Å². The summed E-state index contributed by atoms with van der Waals surface area (Å²) in [6, 6.07) is 1.92. The number of carbonyl (C=O) groups is 1. The molecule has 1 aromatic carbocycles. The number of aliphatic hydroxyl groups is 1. The fourth-order valence-electron chi connectivity index (χ4n) is 2.48. The first-order valence-corrected chi connectivity index (χ1v) is 6.81. The molecule has 1 unspecified atom stereocenters. The molecule has 21 heavy (non-hydrogen) atoms. The molecule has 1 fully saturated rings. The quantitative estimate of drug-likeness (QED) is 0.573. The van der Waals surface area contributed by atoms with E-state index in [-0.39, 0.29) is 5.56 Å². The Morgan fingerprint density at radius 1 is 1.33 bits per heavy atom. The van der Waals surface area contributed by atoms with E-state index in [4.69, 9.17) is 5.84 Å². The van der Waals surface area contributed by atoms with Gasteiger partial charge in [0.15, 0.2) is 11.6 Å². The number of anilines is 1. The first-order valence-electron chi connectivity index (χ1n) is 6.81. The second-order valence-corrected chi connectivity index (χ2v) is 5.60. The van der Waals surface area contributed by atoms with Crippen molar-refractivity contribution < 1.29 is 18.7 Å². The highest BCUT2D eigenvalue weighted by Gasteiger charge is 2.28. The number of nitrogens with one attached hydrogen (secondary N) is 1. The Labute approximate surface area is 121 Å². The minimum Gasteiger partial charge on any atom is -0.390 e. The van der Waals surface area contributed by atoms with Crippen LogP contribution in [0.4, 0.5) is 14.5 Å². The largest absolute Gasteiger partial charge is 0.390 e. The molecule has 1 amide bonds. The number of benzene rings is 1. The summed E-state index contributed by atoms with van der Waals surface area (Å²) in [4.78, 5) is 13.8. The predicted octanol–water partition coefficient (Wildman–Crippen LogP) is 1.63. The molecule has 1 aliphatic rings. The molecule has 1 aromatic rings. The molecular weight excluding hydrogens is 280 g/mol. The summed E-state index contributed by atoms with van der Waals surface area (Å²) in [5.74, 6) is 2.74. The van der Waals surface area contributed by atoms with Gasteiger partial charge in [-0.2, -0.15) is 0 Å². The van der Waals surface area contributed by atoms with Crippen LogP contribution in [0, 0.1) is 11.6 Å². The van der Waals surface area contributed by atoms with Crippen molar-refractivity contribution in [2.75, 3.05) is 18.5 Å². The van der Waals surface area contributed by atoms with Gasteiger partial charge in [-0.25, -0.2) is 8.78 Å². The van der Waals surface area contributed by atoms with Crippen molar-refractivity contribution in [3.63, 3.8) is 0 Å². The molecule has 1 heterocycles. The number of hydrogen-bond acceptors (Lipinski definition) is 4. The number of amides is 1. The lowest BCUT2D eigenvalue weighted by Crippen LogP contribution is -2.33. The predicted molar refractivity (Wildman–Crippen MR) is 74.5 cm³/mol. The SMILES string of the molecule is CC1(O)CCCN(C(=O)c2cc(F)c(NN)c(F)c2)CC1. The van der Waals surface area contributed by atoms with Gasteiger partial charge in [-0.05, 0) is 38.3 Å². The van der Waals surface area contributed by atoms with Crippen LogP contribution >= 0.6 is 0 Å². The third-order valence-corrected chi connectivity index (χ3v) is 3.78. The van der Waals surface area contributed by atoms with Crippen molar-refractivity contribution in [1.29, 1.82) is 0 Å². The van der Waals surface area contributed by atoms with E-state index in [1.54, 1.807) is 6.92 Å². The number of nitrogens with zero attached hydrogens (tertiary/aromatic N) is 1. The first-order chi connectivity index (χ1) is 9.84. The zero-order valence-electron chi connectivity index (χ0n) is 11.8. The molecular formula is C14H19F2N3O2. The molecule has 116 valence electrons. The summed E-state index contributed by atoms with van der Waals surface area (Å²) in [6.45, 7) is 2.53. The van der Waals surface area contributed by atoms with Crippen molar-refractivity contribution in [2.24, 2.45) is 5.84 Å². The Bertz CT molecular complexity index is 526. The van der Waals surface area contributed by atoms with Crippen molar-refractivity contribution >= 4 is 11.6 Å². The zero-order chi connectivity index (χ0) is 15.6. The maximum Gasteiger partial charge on any atom is 0.254 e. The highest BCUT2D eigenvalue weighted by atomic mass is 19.1. The van der Waals surface area contributed by atoms with E-state index in [1.807, 2.05) is 5.43 Å². The van der Waals surface area contributed by atoms with E-state index in [0.29, 0.717) is 32.4 Å². The number of nitrogen functional groups attached to an aromatic ring is 1. The van der Waals surface area contributed by atoms with E-state index in [0.717, 1.165) is 12.1 Å². The zero-order valence-corrected chi connectivity index (χ0v) is 11.8. The van der Waals surface area contributed by atoms with Crippen LogP contribution < -0.4 is 11.3 Å². The van der Waals surface area contributed by atoms with Crippen LogP contribution in [0.1, 0.15) is 36.5 Å². The van der Waals surface area contributed by atoms with Crippen LogP contribution in [0.5, 0.6) is 0 Å². The third kappa shape index (κ3) is 3.48. The van der Waals surface area contributed by atoms with E-state index in [9.17, 15) is 18.7 Å². The highest BCUT2D eigenvalue weighted by Crippen LogP contribution is 2.24. The summed E-state index contributed by atoms with van der Waals surface area (Å²) in [5, 5.41) is 10.0. The summed E-state index contributed by atoms with van der Waals surface area (Å²) in [7, 11) is 0. The van der Waals surface area contributed by atoms with Crippen LogP contribution in [-0.2, 0) is 0 Å². The monoisotopic (exact) mass is 299 g/mol. The van der Waals surface area contributed by atoms with Gasteiger partial charge in [-0.3, -0.25) is 10.6 Å². The standard InChI is InChI=1S/C14H19F2N3O2/c1-14(21)3-2-5-19(6-4-14)13(20)9-7-10(15)12(18-17)11(16)8-9/h7-8,18,21H,2-6,17H2,1H3. The van der Waals surface area contributed by atoms with E-state index in [1.165, 1.54) is 4.90 Å². The normalized spacial score (nSPS) is 22.8. The Kier molecular flexibility index (Phi) is 4.43. The summed E-state index contributed by atoms with van der Waals surface area (Å²) < 4.78 is 27.3. The van der Waals surface area contributed by atoms with Gasteiger partial charge >= 0.3 is 0 Å². The molecule has 5 nitrogen and oxygen atoms in total. The Hall–Kier alpha value is -1.73. The fourth-order valence-corrected chi connectivity index (χ4v) is 2.48. The van der Waals surface area contributed by atoms with E-state index in [2.05, 4.69) is 0 Å². The lowest BCUT2D eigenvalue weighted by molar-refractivity contribution is 0.0437. The Morgan fingerprint density at radius 2 is 1.95 bits per heavy atom. The Balaban J connectivity index is 2.20. The van der Waals surface area contributed by atoms with Gasteiger partial charge in [0, 0.05) is 18.7 Å². The minimum atomic E-state index is -0.914. The van der Waals surface area contributed by atoms with Gasteiger partial charge in [-0.1, -0.05) is 0 Å². The number of carbonyl (C=O) groups excluding carboxylic acids is 1. The molecule has 0 saturated carbocycles. The summed E-state index contributed by atoms with van der Waals surface area (Å²) in [6.07, 6.45) is 1.67. The highest BCUT2D eigenvalue weighted by molar-refractivity contribution is 5.94. The van der Waals surface area contributed by atoms with Gasteiger partial charge in [0.2, 0.25) is 0 Å². The number of rotatable bonds is 2. The average Bonchev–Trinajstić information content (AvgIpc) is 2.58. The molecule has 1 aliphatic heterocycles. The van der Waals surface area contributed by atoms with Crippen LogP contribution in [0.25, 0.3) is 0 Å². The van der Waals surface area contributed by atoms with Gasteiger partial charge in [0.25, 0.3) is 5.91 Å². The van der Waals surface area contributed by atoms with Gasteiger partial charge in [0.05, 0.1) is 5.60 Å². The van der Waals surface area contributed by atoms with Crippen molar-refractivity contribution in [3.8, 4) is 0 Å². The van der Waals surface area contributed by atoms with Crippen molar-refractivity contribution in [2.45, 2.75) is 31.8 Å². The molecule has 1 saturated heterocycles. The topological polar surface area (TPSA) is 78.6 Å². The first kappa shape index (κ1) is 15.7. The molecule has 0 radical (unpaired) electrons. The Morgan fingerprint density at radius 3 is 2.52 bits per heavy atom. The second-order valence-electron chi connectivity index (χ2n) is 5.60. The van der Waals surface area contributed by atoms with Gasteiger partial charge in [-0.15, -0.1) is 0 Å². The number of halogens is 2. The third-order valence-electron chi connectivity index (χ3n) is 3.78. The van der Waals surface area contributed by atoms with E-state index < -0.39 is 28.8 Å². The maximum atomic E-state index is 13.6. The number of hydrogen-bond donors (Lipinski definition) is 3. The second kappa shape index (κ2) is 5.95. The fraction of sp³-hybridized carbons (Fsp3) is 0.500. The lowest BCUT2D eigenvalue weighted by atomic mass is 9.98. The molecule has 7 heteroatoms. The minimum absolute atomic E-state index is 0.0643. The molecule has 0 aliphatic carbocycles. The number of likely N-dealkylation sites (tertiary alicyclic amines) is 1. The maximum absolute atomic E-state index is 13.6. The summed E-state index contributed by atoms with van der Waals surface area (Å²) in [5.41, 5.74) is 0.584. The van der Waals surface area contributed by atoms with E-state index >= 15 is 0 Å². The van der Waals surface area contributed by atoms with Gasteiger partial charge in [0.1, 0.15) is 5.69 Å². The molecule has 2 rings (SSSR count). The lowest BCUT2D eigenvalue weighted by Gasteiger charge is -2.23. The van der Waals surface area contributed by atoms with Crippen LogP contribution in [0.3, 0.4) is 0 Å². The molecule has 1 atom stereocenters. The smallest absolute Gasteiger partial charge is 0.254 e. The van der Waals surface area contributed by atoms with Crippen molar-refractivity contribution in [1.82, 2.24) is 4.90 Å². The summed E-state index contributed by atoms with van der Waals surface area (Å²) >= 11 is 0. The number of nitrogens with two attached hydrogens (primary N) is 1. The molecule has 0 bridgehead atoms. The van der Waals surface area contributed by atoms with Crippen LogP contribution in [0.15, 0.2) is 12.1 Å². The van der Waals surface area contributed by atoms with Crippen molar-refractivity contribution in [3.05, 3.63) is 29.3 Å². The molecule has 0 spiro atoms. The molecule has 0 aromatic heterocycles. The number of hydrazine groups is 1. The van der Waals surface area contributed by atoms with Crippen LogP contribution in [0.2, 0.25) is 0 Å². The average molecular weight is 299 g/mol.